The predicted molar refractivity (Wildman–Crippen MR) is 70.0 cm³/mol. The van der Waals surface area contributed by atoms with Crippen LogP contribution in [0.15, 0.2) is 16.4 Å². The molecule has 1 N–H and O–H groups in total. The fourth-order valence-electron chi connectivity index (χ4n) is 2.08. The fourth-order valence-corrected chi connectivity index (χ4v) is 2.08. The normalized spacial score (nSPS) is 25.5. The lowest BCUT2D eigenvalue weighted by molar-refractivity contribution is -0.145. The highest BCUT2D eigenvalue weighted by Gasteiger charge is 2.44. The number of hydrogen-bond donors (Lipinski definition) is 1. The van der Waals surface area contributed by atoms with E-state index in [4.69, 9.17) is 5.11 Å². The molecule has 0 aliphatic carbocycles. The highest BCUT2D eigenvalue weighted by Crippen LogP contribution is 2.36. The van der Waals surface area contributed by atoms with Gasteiger partial charge in [0.15, 0.2) is 0 Å². The number of hydrogen-bond acceptors (Lipinski definition) is 3. The number of carbonyl (C=O) groups is 1. The Morgan fingerprint density at radius 1 is 1.53 bits per heavy atom. The lowest BCUT2D eigenvalue weighted by Crippen LogP contribution is -2.54. The van der Waals surface area contributed by atoms with Crippen molar-refractivity contribution in [1.82, 2.24) is 10.2 Å². The Morgan fingerprint density at radius 2 is 2.12 bits per heavy atom. The van der Waals surface area contributed by atoms with Gasteiger partial charge < -0.3 is 5.11 Å². The smallest absolute Gasteiger partial charge is 0.321 e. The maximum absolute atomic E-state index is 11.1. The van der Waals surface area contributed by atoms with Gasteiger partial charge in [-0.25, -0.2) is 10.3 Å². The summed E-state index contributed by atoms with van der Waals surface area (Å²) in [6.45, 7) is 3.94. The van der Waals surface area contributed by atoms with E-state index in [1.165, 1.54) is 6.34 Å². The second-order valence-electron chi connectivity index (χ2n) is 4.40. The van der Waals surface area contributed by atoms with Crippen LogP contribution in [0.2, 0.25) is 0 Å². The van der Waals surface area contributed by atoms with E-state index in [-0.39, 0.29) is 30.4 Å². The number of rotatable bonds is 1. The molecule has 1 atom stereocenters. The molecule has 0 saturated carbocycles. The third-order valence-corrected chi connectivity index (χ3v) is 3.27. The van der Waals surface area contributed by atoms with E-state index in [1.54, 1.807) is 0 Å². The van der Waals surface area contributed by atoms with Gasteiger partial charge in [-0.15, -0.1) is 24.8 Å². The minimum Gasteiger partial charge on any atom is -0.480 e. The first kappa shape index (κ1) is 16.2. The molecule has 0 bridgehead atoms. The summed E-state index contributed by atoms with van der Waals surface area (Å²) >= 11 is 0. The molecule has 0 aromatic rings. The fraction of sp³-hybridized carbons (Fsp3) is 0.600. The van der Waals surface area contributed by atoms with Crippen molar-refractivity contribution in [2.45, 2.75) is 31.8 Å². The summed E-state index contributed by atoms with van der Waals surface area (Å²) in [6.07, 6.45) is 1.94. The minimum absolute atomic E-state index is 0. The molecule has 0 aromatic carbocycles. The maximum Gasteiger partial charge on any atom is 0.321 e. The zero-order chi connectivity index (χ0) is 11.2. The van der Waals surface area contributed by atoms with Crippen LogP contribution in [0.1, 0.15) is 20.3 Å². The van der Waals surface area contributed by atoms with Crippen molar-refractivity contribution in [1.29, 1.82) is 0 Å². The Hall–Kier alpha value is -0.780. The van der Waals surface area contributed by atoms with Crippen LogP contribution in [-0.4, -0.2) is 40.9 Å². The van der Waals surface area contributed by atoms with Crippen molar-refractivity contribution in [2.24, 2.45) is 4.99 Å². The average Bonchev–Trinajstić information content (AvgIpc) is 2.59. The summed E-state index contributed by atoms with van der Waals surface area (Å²) in [5.74, 6) is -0.806. The highest BCUT2D eigenvalue weighted by molar-refractivity contribution is 5.85. The molecule has 17 heavy (non-hydrogen) atoms. The molecular formula is C10H16Cl2N3O2. The molecule has 0 spiro atoms. The van der Waals surface area contributed by atoms with E-state index in [0.29, 0.717) is 6.42 Å². The van der Waals surface area contributed by atoms with Crippen molar-refractivity contribution in [2.75, 3.05) is 7.05 Å². The minimum atomic E-state index is -0.806. The largest absolute Gasteiger partial charge is 0.480 e. The molecule has 5 nitrogen and oxygen atoms in total. The van der Waals surface area contributed by atoms with Gasteiger partial charge in [-0.1, -0.05) is 0 Å². The summed E-state index contributed by atoms with van der Waals surface area (Å²) in [5, 5.41) is 13.2. The molecule has 0 aromatic heterocycles. The average molecular weight is 281 g/mol. The van der Waals surface area contributed by atoms with Gasteiger partial charge in [0.25, 0.3) is 0 Å². The Kier molecular flexibility index (Phi) is 5.01. The van der Waals surface area contributed by atoms with E-state index in [0.717, 1.165) is 11.4 Å². The van der Waals surface area contributed by atoms with Crippen LogP contribution >= 0.6 is 24.8 Å². The van der Waals surface area contributed by atoms with Gasteiger partial charge in [-0.2, -0.15) is 0 Å². The first-order valence-electron chi connectivity index (χ1n) is 4.87. The summed E-state index contributed by atoms with van der Waals surface area (Å²) in [7, 11) is 1.82. The summed E-state index contributed by atoms with van der Waals surface area (Å²) in [5.41, 5.74) is 1.33. The van der Waals surface area contributed by atoms with Crippen molar-refractivity contribution in [3.8, 4) is 0 Å². The van der Waals surface area contributed by atoms with Crippen LogP contribution in [0, 0.1) is 0 Å². The first-order valence-corrected chi connectivity index (χ1v) is 4.87. The maximum atomic E-state index is 11.1. The van der Waals surface area contributed by atoms with Crippen molar-refractivity contribution >= 4 is 37.1 Å². The molecule has 1 radical (unpaired) electrons. The molecule has 7 heteroatoms. The van der Waals surface area contributed by atoms with Crippen LogP contribution in [0.25, 0.3) is 0 Å². The molecule has 0 fully saturated rings. The molecule has 2 aliphatic rings. The van der Waals surface area contributed by atoms with Crippen LogP contribution < -0.4 is 5.32 Å². The number of carboxylic acid groups (broad SMARTS) is 1. The molecule has 2 heterocycles. The lowest BCUT2D eigenvalue weighted by Gasteiger charge is -2.42. The number of nitrogens with zero attached hydrogens (tertiary/aromatic N) is 3. The standard InChI is InChI=1S/C10H14N3O2.2ClH/c1-10(2)8-6(11-5-12-8)4-7(9(14)15)13(10)3;;/h5,7H,4H2,1-3H3,(H,14,15);2*1H/t7-;;/m0../s1. The molecule has 2 aliphatic heterocycles. The van der Waals surface area contributed by atoms with Gasteiger partial charge in [-0.3, -0.25) is 9.69 Å². The van der Waals surface area contributed by atoms with E-state index in [2.05, 4.69) is 10.3 Å². The van der Waals surface area contributed by atoms with E-state index < -0.39 is 12.0 Å². The highest BCUT2D eigenvalue weighted by atomic mass is 35.5. The zero-order valence-corrected chi connectivity index (χ0v) is 11.5. The Bertz CT molecular complexity index is 380. The van der Waals surface area contributed by atoms with E-state index >= 15 is 0 Å². The summed E-state index contributed by atoms with van der Waals surface area (Å²) in [4.78, 5) is 17.1. The number of aliphatic imine (C=N–C) groups is 1. The van der Waals surface area contributed by atoms with Gasteiger partial charge in [-0.05, 0) is 20.9 Å². The summed E-state index contributed by atoms with van der Waals surface area (Å²) in [6, 6.07) is -0.510. The zero-order valence-electron chi connectivity index (χ0n) is 9.88. The monoisotopic (exact) mass is 280 g/mol. The lowest BCUT2D eigenvalue weighted by atomic mass is 9.88. The van der Waals surface area contributed by atoms with Gasteiger partial charge in [0.05, 0.1) is 16.9 Å². The van der Waals surface area contributed by atoms with E-state index in [1.807, 2.05) is 25.8 Å². The molecule has 97 valence electrons. The number of aliphatic carboxylic acids is 1. The summed E-state index contributed by atoms with van der Waals surface area (Å²) < 4.78 is 0. The second-order valence-corrected chi connectivity index (χ2v) is 4.40. The van der Waals surface area contributed by atoms with Crippen LogP contribution in [0.3, 0.4) is 0 Å². The van der Waals surface area contributed by atoms with Crippen LogP contribution in [-0.2, 0) is 4.79 Å². The molecule has 0 saturated heterocycles. The Labute approximate surface area is 113 Å². The Balaban J connectivity index is 0.00000128. The quantitative estimate of drug-likeness (QED) is 0.786. The number of carboxylic acids is 1. The topological polar surface area (TPSA) is 67.0 Å². The van der Waals surface area contributed by atoms with Gasteiger partial charge in [0.1, 0.15) is 12.4 Å². The Morgan fingerprint density at radius 3 is 2.65 bits per heavy atom. The van der Waals surface area contributed by atoms with E-state index in [9.17, 15) is 4.79 Å². The van der Waals surface area contributed by atoms with Crippen LogP contribution in [0.4, 0.5) is 0 Å². The first-order chi connectivity index (χ1) is 6.94. The SMILES string of the molecule is CN1[C@H](C(=O)O)CC2=C(N=C[N]2)C1(C)C.Cl.Cl. The van der Waals surface area contributed by atoms with Gasteiger partial charge in [0, 0.05) is 6.42 Å². The molecular weight excluding hydrogens is 265 g/mol. The second kappa shape index (κ2) is 5.25. The van der Waals surface area contributed by atoms with Gasteiger partial charge >= 0.3 is 5.97 Å². The van der Waals surface area contributed by atoms with Gasteiger partial charge in [0.2, 0.25) is 0 Å². The number of halogens is 2. The number of likely N-dealkylation sites (N-methyl/N-ethyl adjacent to an activating group) is 1. The molecule has 0 unspecified atom stereocenters. The molecule has 0 amide bonds. The third kappa shape index (κ3) is 2.41. The van der Waals surface area contributed by atoms with Crippen molar-refractivity contribution < 1.29 is 9.90 Å². The van der Waals surface area contributed by atoms with Crippen molar-refractivity contribution in [3.63, 3.8) is 0 Å². The predicted octanol–water partition coefficient (Wildman–Crippen LogP) is 1.26. The van der Waals surface area contributed by atoms with Crippen LogP contribution in [0.5, 0.6) is 0 Å². The third-order valence-electron chi connectivity index (χ3n) is 3.27. The van der Waals surface area contributed by atoms with Crippen molar-refractivity contribution in [3.05, 3.63) is 11.4 Å². The molecule has 2 rings (SSSR count).